The minimum Gasteiger partial charge on any atom is -0.308 e. The molecule has 1 aromatic carbocycles. The van der Waals surface area contributed by atoms with Gasteiger partial charge < -0.3 is 4.57 Å². The number of para-hydroxylation sites is 1. The summed E-state index contributed by atoms with van der Waals surface area (Å²) >= 11 is 0. The number of aryl methyl sites for hydroxylation is 1. The van der Waals surface area contributed by atoms with E-state index in [4.69, 9.17) is 0 Å². The van der Waals surface area contributed by atoms with Crippen LogP contribution in [0.5, 0.6) is 0 Å². The second-order valence-electron chi connectivity index (χ2n) is 6.18. The van der Waals surface area contributed by atoms with Crippen molar-refractivity contribution in [2.24, 2.45) is 7.05 Å². The first-order valence-corrected chi connectivity index (χ1v) is 8.81. The molecule has 2 N–H and O–H groups in total. The molecule has 9 heteroatoms. The predicted octanol–water partition coefficient (Wildman–Crippen LogP) is 1.70. The smallest absolute Gasteiger partial charge is 0.275 e. The molecule has 0 radical (unpaired) electrons. The molecule has 0 aliphatic carbocycles. The van der Waals surface area contributed by atoms with E-state index >= 15 is 0 Å². The minimum absolute atomic E-state index is 0.167. The highest BCUT2D eigenvalue weighted by molar-refractivity contribution is 5.97. The molecule has 0 saturated carbocycles. The number of hydrogen-bond acceptors (Lipinski definition) is 5. The number of amides is 1. The van der Waals surface area contributed by atoms with Crippen LogP contribution >= 0.6 is 0 Å². The highest BCUT2D eigenvalue weighted by Crippen LogP contribution is 2.14. The fourth-order valence-corrected chi connectivity index (χ4v) is 3.11. The number of nitrogens with zero attached hydrogens (tertiary/aromatic N) is 5. The fraction of sp³-hybridized carbons (Fsp3) is 0.158. The number of hydrazine groups is 1. The average molecular weight is 377 g/mol. The van der Waals surface area contributed by atoms with Crippen LogP contribution < -0.4 is 16.4 Å². The lowest BCUT2D eigenvalue weighted by molar-refractivity contribution is 0.0962. The molecule has 0 spiro atoms. The third-order valence-corrected chi connectivity index (χ3v) is 4.47. The fourth-order valence-electron chi connectivity index (χ4n) is 3.11. The van der Waals surface area contributed by atoms with E-state index in [-0.39, 0.29) is 17.4 Å². The molecule has 0 fully saturated rings. The number of aromatic nitrogens is 5. The van der Waals surface area contributed by atoms with E-state index in [1.165, 1.54) is 10.8 Å². The van der Waals surface area contributed by atoms with Crippen molar-refractivity contribution in [1.29, 1.82) is 0 Å². The second kappa shape index (κ2) is 7.03. The standard InChI is InChI=1S/C19H19N7O2/c1-3-26-18(28)13-8-4-5-9-15(13)21-19(26)23-22-16(27)14-12-20-24(2)17(14)25-10-6-7-11-25/h4-12H,3H2,1-2H3,(H,21,23)(H,22,27). The summed E-state index contributed by atoms with van der Waals surface area (Å²) in [4.78, 5) is 29.9. The SMILES string of the molecule is CCn1c(NNC(=O)c2cnn(C)c2-n2cccc2)nc2ccccc2c1=O. The quantitative estimate of drug-likeness (QED) is 0.516. The van der Waals surface area contributed by atoms with Gasteiger partial charge in [-0.25, -0.2) is 4.98 Å². The number of carbonyl (C=O) groups is 1. The lowest BCUT2D eigenvalue weighted by Crippen LogP contribution is -2.34. The zero-order valence-electron chi connectivity index (χ0n) is 15.5. The molecule has 0 aliphatic heterocycles. The molecule has 9 nitrogen and oxygen atoms in total. The van der Waals surface area contributed by atoms with Crippen molar-refractivity contribution in [2.45, 2.75) is 13.5 Å². The third-order valence-electron chi connectivity index (χ3n) is 4.47. The van der Waals surface area contributed by atoms with Crippen LogP contribution in [0.3, 0.4) is 0 Å². The van der Waals surface area contributed by atoms with Gasteiger partial charge in [-0.1, -0.05) is 12.1 Å². The van der Waals surface area contributed by atoms with Crippen molar-refractivity contribution in [3.63, 3.8) is 0 Å². The summed E-state index contributed by atoms with van der Waals surface area (Å²) in [6, 6.07) is 10.8. The molecule has 3 heterocycles. The van der Waals surface area contributed by atoms with Crippen LogP contribution in [0.2, 0.25) is 0 Å². The maximum absolute atomic E-state index is 12.7. The van der Waals surface area contributed by atoms with Gasteiger partial charge in [-0.3, -0.25) is 29.7 Å². The van der Waals surface area contributed by atoms with Crippen molar-refractivity contribution in [3.05, 3.63) is 70.9 Å². The van der Waals surface area contributed by atoms with Crippen LogP contribution in [-0.4, -0.2) is 29.8 Å². The Morgan fingerprint density at radius 1 is 1.14 bits per heavy atom. The van der Waals surface area contributed by atoms with Gasteiger partial charge in [0, 0.05) is 26.0 Å². The first-order chi connectivity index (χ1) is 13.6. The summed E-state index contributed by atoms with van der Waals surface area (Å²) in [6.45, 7) is 2.26. The van der Waals surface area contributed by atoms with Gasteiger partial charge in [-0.05, 0) is 31.2 Å². The highest BCUT2D eigenvalue weighted by atomic mass is 16.2. The highest BCUT2D eigenvalue weighted by Gasteiger charge is 2.18. The molecule has 4 rings (SSSR count). The van der Waals surface area contributed by atoms with Crippen LogP contribution in [0.15, 0.2) is 59.8 Å². The Kier molecular flexibility index (Phi) is 4.40. The van der Waals surface area contributed by atoms with Gasteiger partial charge in [0.15, 0.2) is 0 Å². The molecule has 3 aromatic heterocycles. The molecule has 1 amide bonds. The predicted molar refractivity (Wildman–Crippen MR) is 105 cm³/mol. The molecule has 0 aliphatic rings. The monoisotopic (exact) mass is 377 g/mol. The van der Waals surface area contributed by atoms with Crippen molar-refractivity contribution in [3.8, 4) is 5.82 Å². The summed E-state index contributed by atoms with van der Waals surface area (Å²) in [7, 11) is 1.76. The summed E-state index contributed by atoms with van der Waals surface area (Å²) in [6.07, 6.45) is 5.16. The van der Waals surface area contributed by atoms with E-state index in [1.54, 1.807) is 34.5 Å². The van der Waals surface area contributed by atoms with E-state index in [0.717, 1.165) is 0 Å². The lowest BCUT2D eigenvalue weighted by Gasteiger charge is -2.14. The van der Waals surface area contributed by atoms with Crippen molar-refractivity contribution >= 4 is 22.8 Å². The summed E-state index contributed by atoms with van der Waals surface area (Å²) < 4.78 is 4.89. The molecular formula is C19H19N7O2. The Bertz CT molecular complexity index is 1200. The number of fused-ring (bicyclic) bond motifs is 1. The summed E-state index contributed by atoms with van der Waals surface area (Å²) in [5.74, 6) is 0.511. The molecule has 0 unspecified atom stereocenters. The van der Waals surface area contributed by atoms with E-state index in [9.17, 15) is 9.59 Å². The zero-order chi connectivity index (χ0) is 19.7. The number of anilines is 1. The van der Waals surface area contributed by atoms with Gasteiger partial charge in [0.25, 0.3) is 11.5 Å². The number of nitrogens with one attached hydrogen (secondary N) is 2. The lowest BCUT2D eigenvalue weighted by atomic mass is 10.2. The number of rotatable bonds is 5. The Morgan fingerprint density at radius 3 is 2.64 bits per heavy atom. The molecule has 28 heavy (non-hydrogen) atoms. The third kappa shape index (κ3) is 2.92. The second-order valence-corrected chi connectivity index (χ2v) is 6.18. The van der Waals surface area contributed by atoms with Crippen LogP contribution in [0.25, 0.3) is 16.7 Å². The molecule has 0 bridgehead atoms. The van der Waals surface area contributed by atoms with E-state index in [0.29, 0.717) is 28.8 Å². The maximum Gasteiger partial charge on any atom is 0.275 e. The largest absolute Gasteiger partial charge is 0.308 e. The summed E-state index contributed by atoms with van der Waals surface area (Å²) in [5.41, 5.74) is 6.18. The van der Waals surface area contributed by atoms with Crippen molar-refractivity contribution in [2.75, 3.05) is 5.43 Å². The Hall–Kier alpha value is -3.88. The zero-order valence-corrected chi connectivity index (χ0v) is 15.5. The van der Waals surface area contributed by atoms with Crippen LogP contribution in [0.4, 0.5) is 5.95 Å². The van der Waals surface area contributed by atoms with E-state index < -0.39 is 0 Å². The first-order valence-electron chi connectivity index (χ1n) is 8.81. The molecule has 0 atom stereocenters. The van der Waals surface area contributed by atoms with Gasteiger partial charge in [-0.2, -0.15) is 5.10 Å². The number of hydrogen-bond donors (Lipinski definition) is 2. The van der Waals surface area contributed by atoms with Gasteiger partial charge in [0.05, 0.1) is 17.1 Å². The Labute approximate surface area is 160 Å². The summed E-state index contributed by atoms with van der Waals surface area (Å²) in [5, 5.41) is 4.70. The van der Waals surface area contributed by atoms with Crippen LogP contribution in [0, 0.1) is 0 Å². The van der Waals surface area contributed by atoms with E-state index in [1.807, 2.05) is 37.5 Å². The van der Waals surface area contributed by atoms with Crippen molar-refractivity contribution < 1.29 is 4.79 Å². The van der Waals surface area contributed by atoms with Crippen molar-refractivity contribution in [1.82, 2.24) is 29.3 Å². The maximum atomic E-state index is 12.7. The topological polar surface area (TPSA) is 98.8 Å². The molecule has 0 saturated heterocycles. The molecule has 4 aromatic rings. The van der Waals surface area contributed by atoms with E-state index in [2.05, 4.69) is 20.9 Å². The number of carbonyl (C=O) groups excluding carboxylic acids is 1. The van der Waals surface area contributed by atoms with Crippen LogP contribution in [0.1, 0.15) is 17.3 Å². The van der Waals surface area contributed by atoms with Gasteiger partial charge >= 0.3 is 0 Å². The van der Waals surface area contributed by atoms with Gasteiger partial charge in [-0.15, -0.1) is 0 Å². The molecule has 142 valence electrons. The van der Waals surface area contributed by atoms with Crippen LogP contribution in [-0.2, 0) is 13.6 Å². The minimum atomic E-state index is -0.387. The molecular weight excluding hydrogens is 358 g/mol. The Balaban J connectivity index is 1.64. The number of benzene rings is 1. The van der Waals surface area contributed by atoms with Gasteiger partial charge in [0.2, 0.25) is 5.95 Å². The first kappa shape index (κ1) is 17.5. The Morgan fingerprint density at radius 2 is 1.89 bits per heavy atom. The average Bonchev–Trinajstić information content (AvgIpc) is 3.35. The normalized spacial score (nSPS) is 10.9. The van der Waals surface area contributed by atoms with Gasteiger partial charge in [0.1, 0.15) is 11.4 Å².